The lowest BCUT2D eigenvalue weighted by Gasteiger charge is -2.07. The van der Waals surface area contributed by atoms with E-state index in [4.69, 9.17) is 0 Å². The van der Waals surface area contributed by atoms with Gasteiger partial charge in [-0.15, -0.1) is 0 Å². The van der Waals surface area contributed by atoms with Gasteiger partial charge in [0.05, 0.1) is 5.71 Å². The lowest BCUT2D eigenvalue weighted by Crippen LogP contribution is -2.21. The van der Waals surface area contributed by atoms with Gasteiger partial charge < -0.3 is 0 Å². The summed E-state index contributed by atoms with van der Waals surface area (Å²) in [5, 5.41) is 4.36. The van der Waals surface area contributed by atoms with Gasteiger partial charge in [0.2, 0.25) is 5.91 Å². The molecule has 0 atom stereocenters. The monoisotopic (exact) mass is 242 g/mol. The zero-order valence-corrected chi connectivity index (χ0v) is 10.5. The molecule has 2 aliphatic rings. The molecule has 0 radical (unpaired) electrons. The lowest BCUT2D eigenvalue weighted by atomic mass is 10.0. The smallest absolute Gasteiger partial charge is 0.243 e. The Balaban J connectivity index is 1.81. The van der Waals surface area contributed by atoms with Crippen molar-refractivity contribution in [2.45, 2.75) is 38.5 Å². The molecule has 1 aromatic rings. The number of aryl methyl sites for hydroxylation is 1. The molecule has 0 aromatic heterocycles. The van der Waals surface area contributed by atoms with E-state index >= 15 is 0 Å². The summed E-state index contributed by atoms with van der Waals surface area (Å²) < 4.78 is 0. The van der Waals surface area contributed by atoms with Crippen molar-refractivity contribution < 1.29 is 4.79 Å². The predicted octanol–water partition coefficient (Wildman–Crippen LogP) is 2.64. The van der Waals surface area contributed by atoms with Crippen LogP contribution in [0.15, 0.2) is 29.4 Å². The van der Waals surface area contributed by atoms with Crippen molar-refractivity contribution in [2.75, 3.05) is 0 Å². The number of fused-ring (bicyclic) bond motifs is 1. The van der Waals surface area contributed by atoms with E-state index in [1.165, 1.54) is 17.5 Å². The average Bonchev–Trinajstić information content (AvgIpc) is 3.23. The minimum absolute atomic E-state index is 0.0872. The molecule has 3 heteroatoms. The van der Waals surface area contributed by atoms with Gasteiger partial charge in [-0.1, -0.05) is 24.3 Å². The third-order valence-electron chi connectivity index (χ3n) is 3.69. The molecule has 1 N–H and O–H groups in total. The van der Waals surface area contributed by atoms with Gasteiger partial charge in [0.25, 0.3) is 0 Å². The van der Waals surface area contributed by atoms with Crippen molar-refractivity contribution in [3.63, 3.8) is 0 Å². The van der Waals surface area contributed by atoms with Crippen LogP contribution in [0.2, 0.25) is 0 Å². The Morgan fingerprint density at radius 2 is 1.94 bits per heavy atom. The van der Waals surface area contributed by atoms with Gasteiger partial charge in [-0.2, -0.15) is 5.10 Å². The van der Waals surface area contributed by atoms with Crippen LogP contribution in [0.1, 0.15) is 43.2 Å². The lowest BCUT2D eigenvalue weighted by molar-refractivity contribution is -0.122. The Morgan fingerprint density at radius 1 is 1.17 bits per heavy atom. The van der Waals surface area contributed by atoms with Gasteiger partial charge in [0.15, 0.2) is 0 Å². The normalized spacial score (nSPS) is 21.2. The zero-order valence-electron chi connectivity index (χ0n) is 10.5. The minimum Gasteiger partial charge on any atom is -0.273 e. The van der Waals surface area contributed by atoms with Crippen LogP contribution in [0.3, 0.4) is 0 Å². The highest BCUT2D eigenvalue weighted by atomic mass is 16.2. The summed E-state index contributed by atoms with van der Waals surface area (Å²) in [7, 11) is 0. The number of carbonyl (C=O) groups excluding carboxylic acids is 1. The first-order chi connectivity index (χ1) is 8.84. The number of nitrogens with one attached hydrogen (secondary N) is 1. The Hall–Kier alpha value is -1.64. The fourth-order valence-electron chi connectivity index (χ4n) is 2.44. The second-order valence-electron chi connectivity index (χ2n) is 5.17. The molecular formula is C15H18N2O. The summed E-state index contributed by atoms with van der Waals surface area (Å²) in [5.41, 5.74) is 6.34. The number of nitrogens with zero attached hydrogens (tertiary/aromatic N) is 1. The Kier molecular flexibility index (Phi) is 3.13. The zero-order chi connectivity index (χ0) is 12.4. The van der Waals surface area contributed by atoms with E-state index in [1.807, 2.05) is 6.07 Å². The van der Waals surface area contributed by atoms with Crippen molar-refractivity contribution in [3.05, 3.63) is 35.4 Å². The topological polar surface area (TPSA) is 41.5 Å². The van der Waals surface area contributed by atoms with Crippen LogP contribution in [0.4, 0.5) is 0 Å². The SMILES string of the molecule is O=C(N/N=C1\CCCCc2ccccc21)C1CC1. The van der Waals surface area contributed by atoms with Crippen LogP contribution in [0.5, 0.6) is 0 Å². The van der Waals surface area contributed by atoms with Crippen molar-refractivity contribution in [1.82, 2.24) is 5.43 Å². The van der Waals surface area contributed by atoms with Gasteiger partial charge in [0, 0.05) is 11.5 Å². The van der Waals surface area contributed by atoms with E-state index in [0.717, 1.165) is 37.8 Å². The van der Waals surface area contributed by atoms with Crippen LogP contribution in [0.25, 0.3) is 0 Å². The molecule has 1 amide bonds. The average molecular weight is 242 g/mol. The maximum atomic E-state index is 11.6. The van der Waals surface area contributed by atoms with Gasteiger partial charge in [0.1, 0.15) is 0 Å². The molecule has 0 bridgehead atoms. The molecule has 1 fully saturated rings. The van der Waals surface area contributed by atoms with Crippen molar-refractivity contribution in [3.8, 4) is 0 Å². The van der Waals surface area contributed by atoms with Gasteiger partial charge in [-0.3, -0.25) is 4.79 Å². The highest BCUT2D eigenvalue weighted by Gasteiger charge is 2.29. The highest BCUT2D eigenvalue weighted by molar-refractivity contribution is 6.02. The molecule has 2 aliphatic carbocycles. The summed E-state index contributed by atoms with van der Waals surface area (Å²) in [6.45, 7) is 0. The van der Waals surface area contributed by atoms with Crippen LogP contribution in [-0.2, 0) is 11.2 Å². The number of hydrazone groups is 1. The van der Waals surface area contributed by atoms with Crippen molar-refractivity contribution >= 4 is 11.6 Å². The maximum Gasteiger partial charge on any atom is 0.243 e. The first-order valence-electron chi connectivity index (χ1n) is 6.79. The molecule has 3 nitrogen and oxygen atoms in total. The largest absolute Gasteiger partial charge is 0.273 e. The van der Waals surface area contributed by atoms with E-state index in [1.54, 1.807) is 0 Å². The quantitative estimate of drug-likeness (QED) is 0.628. The summed E-state index contributed by atoms with van der Waals surface area (Å²) in [4.78, 5) is 11.6. The highest BCUT2D eigenvalue weighted by Crippen LogP contribution is 2.28. The summed E-state index contributed by atoms with van der Waals surface area (Å²) in [6, 6.07) is 8.40. The van der Waals surface area contributed by atoms with Gasteiger partial charge in [-0.25, -0.2) is 5.43 Å². The molecule has 0 saturated heterocycles. The number of benzene rings is 1. The first-order valence-corrected chi connectivity index (χ1v) is 6.79. The number of hydrogen-bond acceptors (Lipinski definition) is 2. The standard InChI is InChI=1S/C15H18N2O/c18-15(12-9-10-12)17-16-14-8-4-2-6-11-5-1-3-7-13(11)14/h1,3,5,7,12H,2,4,6,8-10H2,(H,17,18)/b16-14+. The molecule has 1 aromatic carbocycles. The fourth-order valence-corrected chi connectivity index (χ4v) is 2.44. The molecule has 0 heterocycles. The second-order valence-corrected chi connectivity index (χ2v) is 5.17. The van der Waals surface area contributed by atoms with E-state index in [2.05, 4.69) is 28.7 Å². The van der Waals surface area contributed by atoms with Crippen LogP contribution < -0.4 is 5.43 Å². The molecule has 0 unspecified atom stereocenters. The molecular weight excluding hydrogens is 224 g/mol. The first kappa shape index (κ1) is 11.5. The van der Waals surface area contributed by atoms with Crippen LogP contribution in [-0.4, -0.2) is 11.6 Å². The van der Waals surface area contributed by atoms with Gasteiger partial charge in [-0.05, 0) is 44.1 Å². The van der Waals surface area contributed by atoms with Gasteiger partial charge >= 0.3 is 0 Å². The molecule has 0 aliphatic heterocycles. The van der Waals surface area contributed by atoms with E-state index in [-0.39, 0.29) is 11.8 Å². The van der Waals surface area contributed by atoms with Crippen LogP contribution in [0, 0.1) is 5.92 Å². The molecule has 0 spiro atoms. The molecule has 1 saturated carbocycles. The van der Waals surface area contributed by atoms with Crippen LogP contribution >= 0.6 is 0 Å². The fraction of sp³-hybridized carbons (Fsp3) is 0.467. The molecule has 3 rings (SSSR count). The number of carbonyl (C=O) groups is 1. The third-order valence-corrected chi connectivity index (χ3v) is 3.69. The van der Waals surface area contributed by atoms with E-state index in [9.17, 15) is 4.79 Å². The maximum absolute atomic E-state index is 11.6. The Bertz CT molecular complexity index is 489. The van der Waals surface area contributed by atoms with Crippen molar-refractivity contribution in [2.24, 2.45) is 11.0 Å². The van der Waals surface area contributed by atoms with Crippen molar-refractivity contribution in [1.29, 1.82) is 0 Å². The molecule has 18 heavy (non-hydrogen) atoms. The Morgan fingerprint density at radius 3 is 2.78 bits per heavy atom. The Labute approximate surface area is 107 Å². The number of rotatable bonds is 2. The van der Waals surface area contributed by atoms with E-state index < -0.39 is 0 Å². The summed E-state index contributed by atoms with van der Waals surface area (Å²) >= 11 is 0. The molecule has 94 valence electrons. The number of hydrogen-bond donors (Lipinski definition) is 1. The predicted molar refractivity (Wildman–Crippen MR) is 71.4 cm³/mol. The minimum atomic E-state index is 0.0872. The summed E-state index contributed by atoms with van der Waals surface area (Å²) in [5.74, 6) is 0.305. The number of amides is 1. The van der Waals surface area contributed by atoms with E-state index in [0.29, 0.717) is 0 Å². The second kappa shape index (κ2) is 4.92. The summed E-state index contributed by atoms with van der Waals surface area (Å²) in [6.07, 6.45) is 6.47. The third kappa shape index (κ3) is 2.45.